The summed E-state index contributed by atoms with van der Waals surface area (Å²) in [6.07, 6.45) is 2.70. The van der Waals surface area contributed by atoms with Crippen molar-refractivity contribution in [2.45, 2.75) is 38.9 Å². The number of carbonyl (C=O) groups excluding carboxylic acids is 1. The molecule has 0 bridgehead atoms. The second-order valence-corrected chi connectivity index (χ2v) is 5.26. The summed E-state index contributed by atoms with van der Waals surface area (Å²) in [6.45, 7) is 0.841. The van der Waals surface area contributed by atoms with Crippen LogP contribution in [0.25, 0.3) is 0 Å². The molecule has 0 unspecified atom stereocenters. The van der Waals surface area contributed by atoms with Gasteiger partial charge in [-0.2, -0.15) is 8.78 Å². The third kappa shape index (κ3) is 4.40. The van der Waals surface area contributed by atoms with Crippen molar-refractivity contribution in [3.05, 3.63) is 29.8 Å². The number of hydrogen-bond donors (Lipinski definition) is 0. The molecule has 22 heavy (non-hydrogen) atoms. The van der Waals surface area contributed by atoms with E-state index in [-0.39, 0.29) is 23.3 Å². The van der Waals surface area contributed by atoms with Gasteiger partial charge >= 0.3 is 6.61 Å². The molecule has 6 heteroatoms. The fourth-order valence-electron chi connectivity index (χ4n) is 2.56. The summed E-state index contributed by atoms with van der Waals surface area (Å²) in [5, 5.41) is 0. The zero-order valence-electron chi connectivity index (χ0n) is 12.6. The van der Waals surface area contributed by atoms with Crippen molar-refractivity contribution in [1.29, 1.82) is 0 Å². The van der Waals surface area contributed by atoms with E-state index in [2.05, 4.69) is 4.74 Å². The number of benzene rings is 1. The third-order valence-electron chi connectivity index (χ3n) is 3.56. The van der Waals surface area contributed by atoms with E-state index >= 15 is 0 Å². The minimum Gasteiger partial charge on any atom is -0.434 e. The van der Waals surface area contributed by atoms with E-state index in [1.807, 2.05) is 6.92 Å². The van der Waals surface area contributed by atoms with Crippen LogP contribution < -0.4 is 4.74 Å². The van der Waals surface area contributed by atoms with E-state index < -0.39 is 6.61 Å². The Balaban J connectivity index is 2.07. The largest absolute Gasteiger partial charge is 0.434 e. The molecule has 1 aromatic rings. The normalized spacial score (nSPS) is 18.5. The molecule has 122 valence electrons. The van der Waals surface area contributed by atoms with Crippen LogP contribution in [0.1, 0.15) is 36.5 Å². The monoisotopic (exact) mass is 313 g/mol. The maximum Gasteiger partial charge on any atom is 0.387 e. The Morgan fingerprint density at radius 3 is 2.91 bits per heavy atom. The molecule has 4 nitrogen and oxygen atoms in total. The molecule has 1 heterocycles. The highest BCUT2D eigenvalue weighted by atomic mass is 19.3. The lowest BCUT2D eigenvalue weighted by molar-refractivity contribution is -0.0504. The van der Waals surface area contributed by atoms with Gasteiger partial charge in [0.2, 0.25) is 0 Å². The summed E-state index contributed by atoms with van der Waals surface area (Å²) < 4.78 is 35.0. The third-order valence-corrected chi connectivity index (χ3v) is 3.56. The Kier molecular flexibility index (Phi) is 6.12. The quantitative estimate of drug-likeness (QED) is 0.809. The van der Waals surface area contributed by atoms with E-state index in [4.69, 9.17) is 4.74 Å². The maximum atomic E-state index is 12.6. The molecule has 2 rings (SSSR count). The topological polar surface area (TPSA) is 38.8 Å². The number of hydrogen-bond acceptors (Lipinski definition) is 3. The van der Waals surface area contributed by atoms with Crippen LogP contribution in [0.3, 0.4) is 0 Å². The number of ether oxygens (including phenoxy) is 2. The van der Waals surface area contributed by atoms with Gasteiger partial charge in [-0.3, -0.25) is 4.79 Å². The fourth-order valence-corrected chi connectivity index (χ4v) is 2.56. The van der Waals surface area contributed by atoms with E-state index in [9.17, 15) is 13.6 Å². The summed E-state index contributed by atoms with van der Waals surface area (Å²) >= 11 is 0. The summed E-state index contributed by atoms with van der Waals surface area (Å²) in [6, 6.07) is 6.10. The van der Waals surface area contributed by atoms with Crippen LogP contribution >= 0.6 is 0 Å². The van der Waals surface area contributed by atoms with Crippen molar-refractivity contribution in [1.82, 2.24) is 4.90 Å². The van der Waals surface area contributed by atoms with Crippen molar-refractivity contribution in [2.24, 2.45) is 0 Å². The Labute approximate surface area is 129 Å². The fraction of sp³-hybridized carbons (Fsp3) is 0.562. The molecule has 0 radical (unpaired) electrons. The van der Waals surface area contributed by atoms with Gasteiger partial charge in [-0.05, 0) is 31.4 Å². The van der Waals surface area contributed by atoms with Crippen LogP contribution in [-0.4, -0.2) is 43.2 Å². The molecule has 1 fully saturated rings. The Morgan fingerprint density at radius 2 is 2.18 bits per heavy atom. The van der Waals surface area contributed by atoms with Crippen molar-refractivity contribution in [3.8, 4) is 5.75 Å². The molecule has 0 aromatic heterocycles. The zero-order valence-corrected chi connectivity index (χ0v) is 12.6. The van der Waals surface area contributed by atoms with Crippen molar-refractivity contribution >= 4 is 5.91 Å². The number of rotatable bonds is 6. The van der Waals surface area contributed by atoms with Crippen molar-refractivity contribution < 1.29 is 23.0 Å². The van der Waals surface area contributed by atoms with Gasteiger partial charge < -0.3 is 14.4 Å². The Hall–Kier alpha value is -1.69. The van der Waals surface area contributed by atoms with E-state index in [0.717, 1.165) is 19.3 Å². The molecule has 1 saturated heterocycles. The SMILES string of the molecule is CCCO[C@H]1CCCN(C(=O)c2ccccc2OC(F)F)C1. The molecule has 0 spiro atoms. The second-order valence-electron chi connectivity index (χ2n) is 5.26. The number of piperidine rings is 1. The first-order chi connectivity index (χ1) is 10.6. The number of carbonyl (C=O) groups is 1. The molecule has 1 amide bonds. The van der Waals surface area contributed by atoms with Crippen LogP contribution in [0.15, 0.2) is 24.3 Å². The molecule has 0 aliphatic carbocycles. The molecule has 1 aromatic carbocycles. The van der Waals surface area contributed by atoms with Crippen LogP contribution in [0.4, 0.5) is 8.78 Å². The zero-order chi connectivity index (χ0) is 15.9. The minimum atomic E-state index is -2.95. The van der Waals surface area contributed by atoms with Gasteiger partial charge in [0.15, 0.2) is 0 Å². The molecule has 1 aliphatic rings. The minimum absolute atomic E-state index is 0.0147. The van der Waals surface area contributed by atoms with Gasteiger partial charge in [-0.1, -0.05) is 19.1 Å². The lowest BCUT2D eigenvalue weighted by atomic mass is 10.1. The van der Waals surface area contributed by atoms with Crippen LogP contribution in [0, 0.1) is 0 Å². The number of likely N-dealkylation sites (tertiary alicyclic amines) is 1. The van der Waals surface area contributed by atoms with Gasteiger partial charge in [0.05, 0.1) is 11.7 Å². The predicted octanol–water partition coefficient (Wildman–Crippen LogP) is 3.32. The molecule has 0 saturated carbocycles. The van der Waals surface area contributed by atoms with E-state index in [1.54, 1.807) is 17.0 Å². The predicted molar refractivity (Wildman–Crippen MR) is 78.2 cm³/mol. The maximum absolute atomic E-state index is 12.6. The van der Waals surface area contributed by atoms with Gasteiger partial charge in [-0.25, -0.2) is 0 Å². The summed E-state index contributed by atoms with van der Waals surface area (Å²) in [5.74, 6) is -0.375. The van der Waals surface area contributed by atoms with Gasteiger partial charge in [-0.15, -0.1) is 0 Å². The molecule has 1 atom stereocenters. The average Bonchev–Trinajstić information content (AvgIpc) is 2.52. The van der Waals surface area contributed by atoms with Crippen molar-refractivity contribution in [2.75, 3.05) is 19.7 Å². The number of para-hydroxylation sites is 1. The van der Waals surface area contributed by atoms with Crippen LogP contribution in [0.2, 0.25) is 0 Å². The van der Waals surface area contributed by atoms with Gasteiger partial charge in [0, 0.05) is 19.7 Å². The van der Waals surface area contributed by atoms with E-state index in [0.29, 0.717) is 19.7 Å². The molecular weight excluding hydrogens is 292 g/mol. The lowest BCUT2D eigenvalue weighted by Crippen LogP contribution is -2.43. The smallest absolute Gasteiger partial charge is 0.387 e. The number of nitrogens with zero attached hydrogens (tertiary/aromatic N) is 1. The van der Waals surface area contributed by atoms with Crippen molar-refractivity contribution in [3.63, 3.8) is 0 Å². The van der Waals surface area contributed by atoms with Crippen LogP contribution in [-0.2, 0) is 4.74 Å². The average molecular weight is 313 g/mol. The lowest BCUT2D eigenvalue weighted by Gasteiger charge is -2.33. The number of amides is 1. The summed E-state index contributed by atoms with van der Waals surface area (Å²) in [7, 11) is 0. The standard InChI is InChI=1S/C16H21F2NO3/c1-2-10-21-12-6-5-9-19(11-12)15(20)13-7-3-4-8-14(13)22-16(17)18/h3-4,7-8,12,16H,2,5-6,9-11H2,1H3/t12-/m0/s1. The van der Waals surface area contributed by atoms with Gasteiger partial charge in [0.25, 0.3) is 5.91 Å². The highest BCUT2D eigenvalue weighted by molar-refractivity contribution is 5.97. The molecular formula is C16H21F2NO3. The molecule has 1 aliphatic heterocycles. The van der Waals surface area contributed by atoms with Crippen LogP contribution in [0.5, 0.6) is 5.75 Å². The second kappa shape index (κ2) is 8.08. The van der Waals surface area contributed by atoms with Gasteiger partial charge in [0.1, 0.15) is 5.75 Å². The number of halogens is 2. The summed E-state index contributed by atoms with van der Waals surface area (Å²) in [4.78, 5) is 14.2. The first-order valence-electron chi connectivity index (χ1n) is 7.56. The Morgan fingerprint density at radius 1 is 1.41 bits per heavy atom. The van der Waals surface area contributed by atoms with E-state index in [1.165, 1.54) is 12.1 Å². The first kappa shape index (κ1) is 16.7. The Bertz CT molecular complexity index is 496. The highest BCUT2D eigenvalue weighted by Crippen LogP contribution is 2.24. The highest BCUT2D eigenvalue weighted by Gasteiger charge is 2.27. The summed E-state index contributed by atoms with van der Waals surface area (Å²) in [5.41, 5.74) is 0.166. The number of alkyl halides is 2. The first-order valence-corrected chi connectivity index (χ1v) is 7.56. The molecule has 0 N–H and O–H groups in total.